The Morgan fingerprint density at radius 2 is 1.76 bits per heavy atom. The second-order valence-corrected chi connectivity index (χ2v) is 6.20. The predicted octanol–water partition coefficient (Wildman–Crippen LogP) is 2.56. The Bertz CT molecular complexity index is 762. The van der Waals surface area contributed by atoms with Crippen LogP contribution < -0.4 is 19.5 Å². The maximum Gasteiger partial charge on any atom is 0.231 e. The summed E-state index contributed by atoms with van der Waals surface area (Å²) in [5.74, 6) is 1.41. The lowest BCUT2D eigenvalue weighted by molar-refractivity contribution is 0.173. The number of halogens is 1. The highest BCUT2D eigenvalue weighted by atomic mass is 19.1. The van der Waals surface area contributed by atoms with Crippen LogP contribution in [-0.2, 0) is 0 Å². The molecule has 0 spiro atoms. The van der Waals surface area contributed by atoms with Crippen molar-refractivity contribution < 1.29 is 18.6 Å². The molecule has 2 aliphatic rings. The zero-order valence-corrected chi connectivity index (χ0v) is 14.1. The van der Waals surface area contributed by atoms with Gasteiger partial charge >= 0.3 is 0 Å². The second kappa shape index (κ2) is 6.90. The fraction of sp³-hybridized carbons (Fsp3) is 0.368. The van der Waals surface area contributed by atoms with Crippen LogP contribution in [-0.4, -0.2) is 45.0 Å². The molecule has 2 heterocycles. The molecule has 0 bridgehead atoms. The van der Waals surface area contributed by atoms with E-state index in [1.165, 1.54) is 7.11 Å². The zero-order valence-electron chi connectivity index (χ0n) is 14.1. The molecular weight excluding hydrogens is 323 g/mol. The van der Waals surface area contributed by atoms with Crippen molar-refractivity contribution in [1.82, 2.24) is 10.2 Å². The first-order chi connectivity index (χ1) is 12.3. The summed E-state index contributed by atoms with van der Waals surface area (Å²) in [6, 6.07) is 11.1. The normalized spacial score (nSPS) is 18.2. The summed E-state index contributed by atoms with van der Waals surface area (Å²) in [6.45, 7) is 3.87. The molecule has 2 aliphatic heterocycles. The Hall–Kier alpha value is -2.31. The molecule has 25 heavy (non-hydrogen) atoms. The Labute approximate surface area is 146 Å². The van der Waals surface area contributed by atoms with Gasteiger partial charge in [0.1, 0.15) is 0 Å². The Morgan fingerprint density at radius 3 is 2.52 bits per heavy atom. The fourth-order valence-corrected chi connectivity index (χ4v) is 3.49. The molecule has 0 aliphatic carbocycles. The maximum atomic E-state index is 14.3. The van der Waals surface area contributed by atoms with E-state index in [0.717, 1.165) is 48.8 Å². The third kappa shape index (κ3) is 3.15. The Kier molecular flexibility index (Phi) is 4.46. The highest BCUT2D eigenvalue weighted by Crippen LogP contribution is 2.38. The average Bonchev–Trinajstić information content (AvgIpc) is 3.11. The third-order valence-electron chi connectivity index (χ3n) is 4.72. The number of hydrogen-bond donors (Lipinski definition) is 1. The number of fused-ring (bicyclic) bond motifs is 1. The van der Waals surface area contributed by atoms with Crippen LogP contribution in [0.15, 0.2) is 36.4 Å². The van der Waals surface area contributed by atoms with Crippen LogP contribution in [0, 0.1) is 5.82 Å². The van der Waals surface area contributed by atoms with E-state index in [0.29, 0.717) is 0 Å². The summed E-state index contributed by atoms with van der Waals surface area (Å²) < 4.78 is 30.3. The second-order valence-electron chi connectivity index (χ2n) is 6.20. The van der Waals surface area contributed by atoms with Crippen molar-refractivity contribution in [2.75, 3.05) is 40.1 Å². The fourth-order valence-electron chi connectivity index (χ4n) is 3.49. The van der Waals surface area contributed by atoms with Crippen molar-refractivity contribution >= 4 is 0 Å². The number of nitrogens with one attached hydrogen (secondary N) is 1. The summed E-state index contributed by atoms with van der Waals surface area (Å²) in [5.41, 5.74) is 1.97. The smallest absolute Gasteiger partial charge is 0.231 e. The molecule has 1 unspecified atom stereocenters. The number of benzene rings is 2. The molecule has 0 aromatic heterocycles. The summed E-state index contributed by atoms with van der Waals surface area (Å²) in [7, 11) is 1.48. The van der Waals surface area contributed by atoms with Gasteiger partial charge in [-0.25, -0.2) is 4.39 Å². The van der Waals surface area contributed by atoms with Gasteiger partial charge < -0.3 is 19.5 Å². The molecule has 0 amide bonds. The van der Waals surface area contributed by atoms with Crippen LogP contribution in [0.1, 0.15) is 17.2 Å². The van der Waals surface area contributed by atoms with Crippen LogP contribution in [0.4, 0.5) is 4.39 Å². The molecule has 2 aromatic rings. The summed E-state index contributed by atoms with van der Waals surface area (Å²) in [5, 5.41) is 3.36. The quantitative estimate of drug-likeness (QED) is 0.923. The minimum absolute atomic E-state index is 0.0444. The average molecular weight is 344 g/mol. The Balaban J connectivity index is 1.75. The van der Waals surface area contributed by atoms with Crippen molar-refractivity contribution in [3.63, 3.8) is 0 Å². The lowest BCUT2D eigenvalue weighted by Gasteiger charge is -2.35. The van der Waals surface area contributed by atoms with Gasteiger partial charge in [0.25, 0.3) is 0 Å². The minimum Gasteiger partial charge on any atom is -0.494 e. The number of nitrogens with zero attached hydrogens (tertiary/aromatic N) is 1. The van der Waals surface area contributed by atoms with Gasteiger partial charge in [-0.15, -0.1) is 0 Å². The van der Waals surface area contributed by atoms with E-state index in [9.17, 15) is 4.39 Å². The highest BCUT2D eigenvalue weighted by Gasteiger charge is 2.26. The van der Waals surface area contributed by atoms with Gasteiger partial charge in [0, 0.05) is 26.2 Å². The molecule has 1 atom stereocenters. The highest BCUT2D eigenvalue weighted by molar-refractivity contribution is 5.47. The first-order valence-corrected chi connectivity index (χ1v) is 8.44. The molecule has 0 saturated carbocycles. The molecule has 132 valence electrons. The number of ether oxygens (including phenoxy) is 3. The molecule has 1 fully saturated rings. The molecule has 1 N–H and O–H groups in total. The van der Waals surface area contributed by atoms with E-state index < -0.39 is 0 Å². The van der Waals surface area contributed by atoms with Crippen LogP contribution in [0.25, 0.3) is 0 Å². The topological polar surface area (TPSA) is 43.0 Å². The van der Waals surface area contributed by atoms with Crippen molar-refractivity contribution in [1.29, 1.82) is 0 Å². The lowest BCUT2D eigenvalue weighted by Crippen LogP contribution is -2.45. The minimum atomic E-state index is -0.346. The van der Waals surface area contributed by atoms with Gasteiger partial charge in [-0.2, -0.15) is 0 Å². The van der Waals surface area contributed by atoms with Crippen LogP contribution >= 0.6 is 0 Å². The molecule has 2 aromatic carbocycles. The third-order valence-corrected chi connectivity index (χ3v) is 4.72. The van der Waals surface area contributed by atoms with E-state index in [1.807, 2.05) is 24.3 Å². The maximum absolute atomic E-state index is 14.3. The molecular formula is C19H21FN2O3. The number of methoxy groups -OCH3 is 1. The molecule has 1 saturated heterocycles. The van der Waals surface area contributed by atoms with E-state index in [4.69, 9.17) is 14.2 Å². The molecule has 0 radical (unpaired) electrons. The lowest BCUT2D eigenvalue weighted by atomic mass is 9.95. The standard InChI is InChI=1S/C19H21FN2O3/c1-23-16-4-2-13(10-15(16)20)19(22-8-6-21-7-9-22)14-3-5-17-18(11-14)25-12-24-17/h2-5,10-11,19,21H,6-9,12H2,1H3. The van der Waals surface area contributed by atoms with E-state index in [2.05, 4.69) is 10.2 Å². The summed E-state index contributed by atoms with van der Waals surface area (Å²) >= 11 is 0. The molecule has 6 heteroatoms. The van der Waals surface area contributed by atoms with Crippen LogP contribution in [0.5, 0.6) is 17.2 Å². The van der Waals surface area contributed by atoms with Crippen LogP contribution in [0.2, 0.25) is 0 Å². The van der Waals surface area contributed by atoms with Crippen LogP contribution in [0.3, 0.4) is 0 Å². The largest absolute Gasteiger partial charge is 0.494 e. The molecule has 5 nitrogen and oxygen atoms in total. The number of piperazine rings is 1. The SMILES string of the molecule is COc1ccc(C(c2ccc3c(c2)OCO3)N2CCNCC2)cc1F. The van der Waals surface area contributed by atoms with Gasteiger partial charge in [-0.3, -0.25) is 4.90 Å². The number of rotatable bonds is 4. The first kappa shape index (κ1) is 16.2. The Morgan fingerprint density at radius 1 is 1.04 bits per heavy atom. The van der Waals surface area contributed by atoms with Crippen molar-refractivity contribution in [3.05, 3.63) is 53.3 Å². The van der Waals surface area contributed by atoms with E-state index >= 15 is 0 Å². The van der Waals surface area contributed by atoms with E-state index in [-0.39, 0.29) is 24.4 Å². The van der Waals surface area contributed by atoms with Crippen molar-refractivity contribution in [2.24, 2.45) is 0 Å². The van der Waals surface area contributed by atoms with Gasteiger partial charge in [0.15, 0.2) is 23.1 Å². The van der Waals surface area contributed by atoms with E-state index in [1.54, 1.807) is 12.1 Å². The first-order valence-electron chi connectivity index (χ1n) is 8.44. The predicted molar refractivity (Wildman–Crippen MR) is 91.8 cm³/mol. The van der Waals surface area contributed by atoms with Crippen molar-refractivity contribution in [2.45, 2.75) is 6.04 Å². The zero-order chi connectivity index (χ0) is 17.2. The van der Waals surface area contributed by atoms with Gasteiger partial charge in [-0.05, 0) is 35.4 Å². The summed E-state index contributed by atoms with van der Waals surface area (Å²) in [6.07, 6.45) is 0. The summed E-state index contributed by atoms with van der Waals surface area (Å²) in [4.78, 5) is 2.36. The van der Waals surface area contributed by atoms with Gasteiger partial charge in [0.2, 0.25) is 6.79 Å². The molecule has 4 rings (SSSR count). The monoisotopic (exact) mass is 344 g/mol. The van der Waals surface area contributed by atoms with Gasteiger partial charge in [0.05, 0.1) is 13.2 Å². The number of hydrogen-bond acceptors (Lipinski definition) is 5. The van der Waals surface area contributed by atoms with Gasteiger partial charge in [-0.1, -0.05) is 12.1 Å². The van der Waals surface area contributed by atoms with Crippen molar-refractivity contribution in [3.8, 4) is 17.2 Å².